The second-order valence-corrected chi connectivity index (χ2v) is 15.5. The zero-order chi connectivity index (χ0) is 41.0. The fourth-order valence-electron chi connectivity index (χ4n) is 6.61. The zero-order valence-corrected chi connectivity index (χ0v) is 36.5. The van der Waals surface area contributed by atoms with E-state index >= 15 is 0 Å². The van der Waals surface area contributed by atoms with Gasteiger partial charge in [0.1, 0.15) is 6.10 Å². The van der Waals surface area contributed by atoms with Crippen molar-refractivity contribution in [3.8, 4) is 0 Å². The molecule has 0 saturated carbocycles. The van der Waals surface area contributed by atoms with Crippen molar-refractivity contribution in [1.29, 1.82) is 0 Å². The van der Waals surface area contributed by atoms with E-state index in [4.69, 9.17) is 4.74 Å². The van der Waals surface area contributed by atoms with Crippen LogP contribution >= 0.6 is 0 Å². The summed E-state index contributed by atoms with van der Waals surface area (Å²) in [4.78, 5) is 26.0. The number of rotatable bonds is 40. The topological polar surface area (TPSA) is 95.9 Å². The van der Waals surface area contributed by atoms with E-state index < -0.39 is 18.2 Å². The fourth-order valence-corrected chi connectivity index (χ4v) is 6.61. The van der Waals surface area contributed by atoms with E-state index in [1.165, 1.54) is 89.9 Å². The molecule has 56 heavy (non-hydrogen) atoms. The molecule has 0 saturated heterocycles. The van der Waals surface area contributed by atoms with Crippen molar-refractivity contribution in [3.63, 3.8) is 0 Å². The van der Waals surface area contributed by atoms with E-state index in [0.29, 0.717) is 19.3 Å². The Morgan fingerprint density at radius 1 is 0.536 bits per heavy atom. The lowest BCUT2D eigenvalue weighted by atomic mass is 10.0. The molecule has 3 atom stereocenters. The van der Waals surface area contributed by atoms with Crippen LogP contribution in [0.15, 0.2) is 72.9 Å². The van der Waals surface area contributed by atoms with Gasteiger partial charge < -0.3 is 20.3 Å². The molecule has 0 aromatic carbocycles. The third kappa shape index (κ3) is 38.2. The third-order valence-corrected chi connectivity index (χ3v) is 10.1. The number of carbonyl (C=O) groups is 2. The average molecular weight is 782 g/mol. The molecule has 0 aliphatic carbocycles. The highest BCUT2D eigenvalue weighted by Gasteiger charge is 2.24. The molecule has 0 aliphatic heterocycles. The number of esters is 1. The Morgan fingerprint density at radius 3 is 1.52 bits per heavy atom. The van der Waals surface area contributed by atoms with E-state index in [9.17, 15) is 19.8 Å². The van der Waals surface area contributed by atoms with E-state index in [1.54, 1.807) is 0 Å². The number of nitrogens with one attached hydrogen (secondary N) is 1. The second-order valence-electron chi connectivity index (χ2n) is 15.5. The minimum Gasteiger partial charge on any atom is -0.462 e. The number of ether oxygens (including phenoxy) is 1. The molecule has 0 heterocycles. The molecule has 0 aromatic rings. The van der Waals surface area contributed by atoms with Crippen molar-refractivity contribution >= 4 is 11.9 Å². The first-order valence-corrected chi connectivity index (χ1v) is 23.2. The maximum atomic E-state index is 13.1. The lowest BCUT2D eigenvalue weighted by molar-refractivity contribution is -0.151. The van der Waals surface area contributed by atoms with Gasteiger partial charge in [-0.2, -0.15) is 0 Å². The van der Waals surface area contributed by atoms with Gasteiger partial charge in [0.2, 0.25) is 5.91 Å². The lowest BCUT2D eigenvalue weighted by Crippen LogP contribution is -2.46. The molecule has 6 nitrogen and oxygen atoms in total. The summed E-state index contributed by atoms with van der Waals surface area (Å²) in [5, 5.41) is 23.6. The first kappa shape index (κ1) is 53.3. The first-order valence-electron chi connectivity index (χ1n) is 23.2. The van der Waals surface area contributed by atoms with E-state index in [1.807, 2.05) is 30.4 Å². The second kappa shape index (κ2) is 43.4. The summed E-state index contributed by atoms with van der Waals surface area (Å²) in [5.41, 5.74) is 0. The van der Waals surface area contributed by atoms with Crippen molar-refractivity contribution in [1.82, 2.24) is 5.32 Å². The molecule has 0 rings (SSSR count). The molecule has 0 bridgehead atoms. The van der Waals surface area contributed by atoms with Crippen molar-refractivity contribution in [2.24, 2.45) is 0 Å². The average Bonchev–Trinajstić information content (AvgIpc) is 3.19. The Balaban J connectivity index is 4.77. The van der Waals surface area contributed by atoms with Gasteiger partial charge in [-0.15, -0.1) is 0 Å². The normalized spacial score (nSPS) is 14.0. The molecule has 0 radical (unpaired) electrons. The Hall–Kier alpha value is -2.70. The predicted molar refractivity (Wildman–Crippen MR) is 241 cm³/mol. The highest BCUT2D eigenvalue weighted by atomic mass is 16.5. The van der Waals surface area contributed by atoms with Gasteiger partial charge in [-0.25, -0.2) is 0 Å². The minimum atomic E-state index is -0.807. The Kier molecular flexibility index (Phi) is 41.3. The number of hydrogen-bond acceptors (Lipinski definition) is 5. The van der Waals surface area contributed by atoms with Gasteiger partial charge in [-0.3, -0.25) is 9.59 Å². The predicted octanol–water partition coefficient (Wildman–Crippen LogP) is 13.4. The van der Waals surface area contributed by atoms with Gasteiger partial charge >= 0.3 is 5.97 Å². The number of aliphatic hydroxyl groups is 2. The van der Waals surface area contributed by atoms with Crippen LogP contribution in [0.1, 0.15) is 207 Å². The van der Waals surface area contributed by atoms with Crippen LogP contribution in [-0.2, 0) is 14.3 Å². The molecule has 0 spiro atoms. The molecular formula is C50H87NO5. The number of unbranched alkanes of at least 4 members (excludes halogenated alkanes) is 20. The van der Waals surface area contributed by atoms with Crippen LogP contribution in [-0.4, -0.2) is 46.9 Å². The molecule has 1 amide bonds. The van der Waals surface area contributed by atoms with Gasteiger partial charge in [0.05, 0.1) is 25.2 Å². The highest BCUT2D eigenvalue weighted by Crippen LogP contribution is 2.16. The van der Waals surface area contributed by atoms with Gasteiger partial charge in [0.25, 0.3) is 0 Å². The first-order chi connectivity index (χ1) is 27.5. The van der Waals surface area contributed by atoms with Gasteiger partial charge in [0, 0.05) is 6.42 Å². The monoisotopic (exact) mass is 782 g/mol. The van der Waals surface area contributed by atoms with Crippen molar-refractivity contribution in [3.05, 3.63) is 72.9 Å². The van der Waals surface area contributed by atoms with Crippen LogP contribution in [0.4, 0.5) is 0 Å². The standard InChI is InChI=1S/C50H87NO5/c1-4-7-10-13-16-19-22-24-26-27-29-32-35-38-41-46(56-50(55)43-40-37-34-31-28-25-23-20-17-14-11-8-5-2)44-49(54)51-47(45-52)48(53)42-39-36-33-30-21-18-15-12-9-6-3/h8,11,14,17,20,23,25-29,32,46-48,52-53H,4-7,9-10,12-13,15-16,18-19,21-22,24,30-31,33-45H2,1-3H3,(H,51,54)/b11-8+,17-14+,23-20-,27-26+,28-25-,32-29+. The van der Waals surface area contributed by atoms with Crippen LogP contribution in [0.5, 0.6) is 0 Å². The third-order valence-electron chi connectivity index (χ3n) is 10.1. The van der Waals surface area contributed by atoms with E-state index in [-0.39, 0.29) is 24.9 Å². The largest absolute Gasteiger partial charge is 0.462 e. The molecular weight excluding hydrogens is 695 g/mol. The fraction of sp³-hybridized carbons (Fsp3) is 0.720. The molecule has 0 aromatic heterocycles. The molecule has 3 N–H and O–H groups in total. The van der Waals surface area contributed by atoms with Crippen LogP contribution < -0.4 is 5.32 Å². The number of aliphatic hydroxyl groups excluding tert-OH is 2. The Morgan fingerprint density at radius 2 is 0.982 bits per heavy atom. The quantitative estimate of drug-likeness (QED) is 0.0327. The molecule has 322 valence electrons. The summed E-state index contributed by atoms with van der Waals surface area (Å²) in [5.74, 6) is -0.574. The van der Waals surface area contributed by atoms with Gasteiger partial charge in [0.15, 0.2) is 0 Å². The smallest absolute Gasteiger partial charge is 0.306 e. The maximum absolute atomic E-state index is 13.1. The van der Waals surface area contributed by atoms with Crippen LogP contribution in [0.25, 0.3) is 0 Å². The molecule has 0 aliphatic rings. The van der Waals surface area contributed by atoms with Gasteiger partial charge in [-0.05, 0) is 64.2 Å². The van der Waals surface area contributed by atoms with Crippen molar-refractivity contribution in [2.45, 2.75) is 225 Å². The summed E-state index contributed by atoms with van der Waals surface area (Å²) in [6.45, 7) is 6.28. The number of hydrogen-bond donors (Lipinski definition) is 3. The highest BCUT2D eigenvalue weighted by molar-refractivity contribution is 5.77. The summed E-state index contributed by atoms with van der Waals surface area (Å²) >= 11 is 0. The number of allylic oxidation sites excluding steroid dienone is 12. The maximum Gasteiger partial charge on any atom is 0.306 e. The molecule has 3 unspecified atom stereocenters. The number of amides is 1. The lowest BCUT2D eigenvalue weighted by Gasteiger charge is -2.24. The molecule has 6 heteroatoms. The SMILES string of the molecule is CC/C=C/C=C/C=C\C=C/CCCCCC(=O)OC(CCC/C=C/C=C/CCCCCCCCC)CC(=O)NC(CO)C(O)CCCCCCCCCCCC. The van der Waals surface area contributed by atoms with Crippen molar-refractivity contribution in [2.75, 3.05) is 6.61 Å². The van der Waals surface area contributed by atoms with E-state index in [2.05, 4.69) is 68.6 Å². The number of carbonyl (C=O) groups excluding carboxylic acids is 2. The van der Waals surface area contributed by atoms with Gasteiger partial charge in [-0.1, -0.05) is 203 Å². The Labute approximate surface area is 345 Å². The summed E-state index contributed by atoms with van der Waals surface area (Å²) in [6.07, 6.45) is 53.9. The van der Waals surface area contributed by atoms with Crippen molar-refractivity contribution < 1.29 is 24.5 Å². The van der Waals surface area contributed by atoms with Crippen LogP contribution in [0.3, 0.4) is 0 Å². The van der Waals surface area contributed by atoms with Crippen LogP contribution in [0.2, 0.25) is 0 Å². The summed E-state index contributed by atoms with van der Waals surface area (Å²) in [7, 11) is 0. The summed E-state index contributed by atoms with van der Waals surface area (Å²) < 4.78 is 5.86. The summed E-state index contributed by atoms with van der Waals surface area (Å²) in [6, 6.07) is -0.725. The van der Waals surface area contributed by atoms with E-state index in [0.717, 1.165) is 70.6 Å². The minimum absolute atomic E-state index is 0.0255. The van der Waals surface area contributed by atoms with Crippen LogP contribution in [0, 0.1) is 0 Å². The molecule has 0 fully saturated rings. The zero-order valence-electron chi connectivity index (χ0n) is 36.5. The Bertz CT molecular complexity index is 1060.